The van der Waals surface area contributed by atoms with Crippen LogP contribution in [0.25, 0.3) is 10.9 Å². The maximum Gasteiger partial charge on any atom is 0.237 e. The number of hydrogen-bond acceptors (Lipinski definition) is 3. The van der Waals surface area contributed by atoms with Crippen molar-refractivity contribution in [3.8, 4) is 5.75 Å². The minimum atomic E-state index is -0.598. The lowest BCUT2D eigenvalue weighted by Crippen LogP contribution is -2.41. The van der Waals surface area contributed by atoms with Gasteiger partial charge in [0.15, 0.2) is 0 Å². The van der Waals surface area contributed by atoms with Crippen LogP contribution in [0.1, 0.15) is 11.1 Å². The first-order chi connectivity index (χ1) is 11.7. The van der Waals surface area contributed by atoms with Crippen molar-refractivity contribution in [3.63, 3.8) is 0 Å². The number of nitrogens with one attached hydrogen (secondary N) is 2. The Morgan fingerprint density at radius 1 is 1.17 bits per heavy atom. The van der Waals surface area contributed by atoms with Gasteiger partial charge in [0.25, 0.3) is 0 Å². The number of aromatic nitrogens is 1. The number of carbonyl (C=O) groups is 1. The van der Waals surface area contributed by atoms with Crippen molar-refractivity contribution in [2.45, 2.75) is 19.0 Å². The fourth-order valence-electron chi connectivity index (χ4n) is 2.79. The number of H-pyrrole nitrogens is 1. The van der Waals surface area contributed by atoms with Gasteiger partial charge in [0.2, 0.25) is 5.91 Å². The van der Waals surface area contributed by atoms with Crippen LogP contribution in [0.3, 0.4) is 0 Å². The van der Waals surface area contributed by atoms with Crippen LogP contribution in [-0.4, -0.2) is 24.0 Å². The van der Waals surface area contributed by atoms with Crippen LogP contribution >= 0.6 is 0 Å². The van der Waals surface area contributed by atoms with Gasteiger partial charge in [-0.3, -0.25) is 4.79 Å². The lowest BCUT2D eigenvalue weighted by Gasteiger charge is -2.13. The Kier molecular flexibility index (Phi) is 4.82. The molecule has 0 aliphatic carbocycles. The molecule has 1 unspecified atom stereocenters. The second-order valence-corrected chi connectivity index (χ2v) is 5.70. The van der Waals surface area contributed by atoms with Gasteiger partial charge in [-0.15, -0.1) is 0 Å². The van der Waals surface area contributed by atoms with Crippen molar-refractivity contribution in [1.82, 2.24) is 10.3 Å². The molecule has 0 radical (unpaired) electrons. The van der Waals surface area contributed by atoms with Gasteiger partial charge in [0.1, 0.15) is 5.75 Å². The standard InChI is InChI=1S/C19H21N3O2/c1-24-18-9-5-2-6-13(18)11-22-19(23)16(20)10-14-12-21-17-8-4-3-7-15(14)17/h2-9,12,16,21H,10-11,20H2,1H3,(H,22,23). The second kappa shape index (κ2) is 7.19. The number of hydrogen-bond donors (Lipinski definition) is 3. The lowest BCUT2D eigenvalue weighted by molar-refractivity contribution is -0.122. The summed E-state index contributed by atoms with van der Waals surface area (Å²) in [6.45, 7) is 0.393. The van der Waals surface area contributed by atoms with E-state index in [4.69, 9.17) is 10.5 Å². The summed E-state index contributed by atoms with van der Waals surface area (Å²) in [7, 11) is 1.61. The topological polar surface area (TPSA) is 80.1 Å². The van der Waals surface area contributed by atoms with Gasteiger partial charge in [0, 0.05) is 29.2 Å². The molecule has 3 aromatic rings. The van der Waals surface area contributed by atoms with E-state index in [2.05, 4.69) is 10.3 Å². The number of amides is 1. The van der Waals surface area contributed by atoms with Crippen molar-refractivity contribution < 1.29 is 9.53 Å². The highest BCUT2D eigenvalue weighted by Gasteiger charge is 2.16. The van der Waals surface area contributed by atoms with E-state index in [1.165, 1.54) is 0 Å². The summed E-state index contributed by atoms with van der Waals surface area (Å²) in [5, 5.41) is 3.98. The Bertz CT molecular complexity index is 841. The minimum absolute atomic E-state index is 0.175. The summed E-state index contributed by atoms with van der Waals surface area (Å²) in [5.74, 6) is 0.578. The first kappa shape index (κ1) is 16.1. The predicted octanol–water partition coefficient (Wildman–Crippen LogP) is 2.36. The maximum atomic E-state index is 12.3. The molecule has 5 heteroatoms. The normalized spacial score (nSPS) is 12.1. The molecular weight excluding hydrogens is 302 g/mol. The molecule has 124 valence electrons. The Labute approximate surface area is 140 Å². The molecule has 0 fully saturated rings. The SMILES string of the molecule is COc1ccccc1CNC(=O)C(N)Cc1c[nH]c2ccccc12. The van der Waals surface area contributed by atoms with Gasteiger partial charge >= 0.3 is 0 Å². The summed E-state index contributed by atoms with van der Waals surface area (Å²) < 4.78 is 5.28. The zero-order valence-corrected chi connectivity index (χ0v) is 13.6. The highest BCUT2D eigenvalue weighted by molar-refractivity contribution is 5.86. The summed E-state index contributed by atoms with van der Waals surface area (Å²) >= 11 is 0. The zero-order chi connectivity index (χ0) is 16.9. The summed E-state index contributed by atoms with van der Waals surface area (Å²) in [4.78, 5) is 15.5. The molecule has 5 nitrogen and oxygen atoms in total. The Balaban J connectivity index is 1.63. The summed E-state index contributed by atoms with van der Waals surface area (Å²) in [6, 6.07) is 15.0. The molecule has 1 aromatic heterocycles. The van der Waals surface area contributed by atoms with Gasteiger partial charge in [0.05, 0.1) is 13.2 Å². The van der Waals surface area contributed by atoms with E-state index >= 15 is 0 Å². The van der Waals surface area contributed by atoms with Crippen molar-refractivity contribution >= 4 is 16.8 Å². The number of benzene rings is 2. The predicted molar refractivity (Wildman–Crippen MR) is 94.8 cm³/mol. The molecule has 1 heterocycles. The van der Waals surface area contributed by atoms with Crippen LogP contribution in [-0.2, 0) is 17.8 Å². The van der Waals surface area contributed by atoms with Crippen LogP contribution in [0, 0.1) is 0 Å². The number of rotatable bonds is 6. The first-order valence-electron chi connectivity index (χ1n) is 7.89. The number of fused-ring (bicyclic) bond motifs is 1. The number of carbonyl (C=O) groups excluding carboxylic acids is 1. The van der Waals surface area contributed by atoms with E-state index in [-0.39, 0.29) is 5.91 Å². The third kappa shape index (κ3) is 3.41. The molecule has 0 saturated heterocycles. The van der Waals surface area contributed by atoms with Crippen molar-refractivity contribution in [2.75, 3.05) is 7.11 Å². The van der Waals surface area contributed by atoms with Crippen LogP contribution in [0.4, 0.5) is 0 Å². The number of nitrogens with two attached hydrogens (primary N) is 1. The molecule has 0 bridgehead atoms. The van der Waals surface area contributed by atoms with E-state index in [1.54, 1.807) is 7.11 Å². The molecule has 0 saturated carbocycles. The van der Waals surface area contributed by atoms with Crippen molar-refractivity contribution in [1.29, 1.82) is 0 Å². The highest BCUT2D eigenvalue weighted by Crippen LogP contribution is 2.19. The smallest absolute Gasteiger partial charge is 0.237 e. The lowest BCUT2D eigenvalue weighted by atomic mass is 10.0. The van der Waals surface area contributed by atoms with Crippen molar-refractivity contribution in [3.05, 3.63) is 65.9 Å². The fraction of sp³-hybridized carbons (Fsp3) is 0.211. The largest absolute Gasteiger partial charge is 0.496 e. The molecule has 1 amide bonds. The number of para-hydroxylation sites is 2. The third-order valence-electron chi connectivity index (χ3n) is 4.10. The molecule has 4 N–H and O–H groups in total. The number of aromatic amines is 1. The molecule has 24 heavy (non-hydrogen) atoms. The molecule has 2 aromatic carbocycles. The second-order valence-electron chi connectivity index (χ2n) is 5.70. The fourth-order valence-corrected chi connectivity index (χ4v) is 2.79. The Hall–Kier alpha value is -2.79. The van der Waals surface area contributed by atoms with Gasteiger partial charge in [-0.25, -0.2) is 0 Å². The first-order valence-corrected chi connectivity index (χ1v) is 7.89. The minimum Gasteiger partial charge on any atom is -0.496 e. The van der Waals surface area contributed by atoms with Gasteiger partial charge < -0.3 is 20.8 Å². The Morgan fingerprint density at radius 3 is 2.75 bits per heavy atom. The van der Waals surface area contributed by atoms with E-state index in [1.807, 2.05) is 54.7 Å². The zero-order valence-electron chi connectivity index (χ0n) is 13.6. The molecule has 0 aliphatic rings. The van der Waals surface area contributed by atoms with Gasteiger partial charge in [-0.05, 0) is 24.1 Å². The van der Waals surface area contributed by atoms with Gasteiger partial charge in [-0.2, -0.15) is 0 Å². The highest BCUT2D eigenvalue weighted by atomic mass is 16.5. The van der Waals surface area contributed by atoms with Crippen LogP contribution in [0.5, 0.6) is 5.75 Å². The average Bonchev–Trinajstić information content (AvgIpc) is 3.03. The monoisotopic (exact) mass is 323 g/mol. The van der Waals surface area contributed by atoms with Gasteiger partial charge in [-0.1, -0.05) is 36.4 Å². The molecule has 0 spiro atoms. The van der Waals surface area contributed by atoms with E-state index < -0.39 is 6.04 Å². The van der Waals surface area contributed by atoms with Crippen LogP contribution < -0.4 is 15.8 Å². The van der Waals surface area contributed by atoms with E-state index in [9.17, 15) is 4.79 Å². The van der Waals surface area contributed by atoms with Crippen LogP contribution in [0.2, 0.25) is 0 Å². The van der Waals surface area contributed by atoms with E-state index in [0.717, 1.165) is 27.8 Å². The Morgan fingerprint density at radius 2 is 1.92 bits per heavy atom. The molecule has 0 aliphatic heterocycles. The third-order valence-corrected chi connectivity index (χ3v) is 4.10. The summed E-state index contributed by atoms with van der Waals surface area (Å²) in [5.41, 5.74) is 9.10. The number of methoxy groups -OCH3 is 1. The molecule has 1 atom stereocenters. The molecular formula is C19H21N3O2. The maximum absolute atomic E-state index is 12.3. The quantitative estimate of drug-likeness (QED) is 0.651. The number of ether oxygens (including phenoxy) is 1. The van der Waals surface area contributed by atoms with E-state index in [0.29, 0.717) is 13.0 Å². The molecule has 3 rings (SSSR count). The van der Waals surface area contributed by atoms with Crippen LogP contribution in [0.15, 0.2) is 54.7 Å². The summed E-state index contributed by atoms with van der Waals surface area (Å²) in [6.07, 6.45) is 2.40. The van der Waals surface area contributed by atoms with Crippen molar-refractivity contribution in [2.24, 2.45) is 5.73 Å². The average molecular weight is 323 g/mol.